The number of nitrogens with one attached hydrogen (secondary N) is 1. The summed E-state index contributed by atoms with van der Waals surface area (Å²) in [7, 11) is 0. The molecule has 0 saturated heterocycles. The van der Waals surface area contributed by atoms with Crippen molar-refractivity contribution in [1.82, 2.24) is 5.43 Å². The number of halogens is 6. The minimum atomic E-state index is -4.56. The largest absolute Gasteiger partial charge is 0.490 e. The van der Waals surface area contributed by atoms with Gasteiger partial charge in [-0.3, -0.25) is 4.79 Å². The molecule has 1 amide bonds. The summed E-state index contributed by atoms with van der Waals surface area (Å²) in [5.41, 5.74) is 2.22. The predicted octanol–water partition coefficient (Wildman–Crippen LogP) is 7.41. The molecule has 11 heteroatoms. The van der Waals surface area contributed by atoms with E-state index in [4.69, 9.17) is 44.3 Å². The first-order valence-corrected chi connectivity index (χ1v) is 11.3. The van der Waals surface area contributed by atoms with E-state index in [9.17, 15) is 18.0 Å². The van der Waals surface area contributed by atoms with E-state index in [2.05, 4.69) is 10.5 Å². The second-order valence-corrected chi connectivity index (χ2v) is 8.32. The van der Waals surface area contributed by atoms with Gasteiger partial charge in [-0.15, -0.1) is 0 Å². The van der Waals surface area contributed by atoms with Crippen LogP contribution in [0.1, 0.15) is 34.0 Å². The molecule has 1 N–H and O–H groups in total. The molecule has 0 heterocycles. The van der Waals surface area contributed by atoms with Crippen LogP contribution in [0.25, 0.3) is 0 Å². The van der Waals surface area contributed by atoms with Crippen LogP contribution >= 0.6 is 34.8 Å². The van der Waals surface area contributed by atoms with Crippen molar-refractivity contribution in [2.45, 2.75) is 19.7 Å². The van der Waals surface area contributed by atoms with Crippen molar-refractivity contribution in [3.63, 3.8) is 0 Å². The molecule has 0 bridgehead atoms. The average Bonchev–Trinajstić information content (AvgIpc) is 2.79. The number of nitrogens with zero attached hydrogens (tertiary/aromatic N) is 1. The minimum absolute atomic E-state index is 0.107. The molecule has 3 rings (SSSR count). The fourth-order valence-electron chi connectivity index (χ4n) is 2.92. The summed E-state index contributed by atoms with van der Waals surface area (Å²) in [4.78, 5) is 12.2. The summed E-state index contributed by atoms with van der Waals surface area (Å²) in [5, 5.41) is 4.95. The van der Waals surface area contributed by atoms with Crippen molar-refractivity contribution >= 4 is 46.9 Å². The number of hydrazone groups is 1. The lowest BCUT2D eigenvalue weighted by Gasteiger charge is -2.15. The van der Waals surface area contributed by atoms with E-state index >= 15 is 0 Å². The Labute approximate surface area is 214 Å². The second kappa shape index (κ2) is 11.7. The highest BCUT2D eigenvalue weighted by Gasteiger charge is 2.30. The maximum absolute atomic E-state index is 12.9. The van der Waals surface area contributed by atoms with Crippen molar-refractivity contribution in [2.75, 3.05) is 6.61 Å². The number of alkyl halides is 3. The Balaban J connectivity index is 1.74. The van der Waals surface area contributed by atoms with Gasteiger partial charge in [-0.1, -0.05) is 46.9 Å². The first-order valence-electron chi connectivity index (χ1n) is 10.1. The topological polar surface area (TPSA) is 59.9 Å². The number of carbonyl (C=O) groups is 1. The average molecular weight is 546 g/mol. The van der Waals surface area contributed by atoms with Gasteiger partial charge in [0.05, 0.1) is 23.4 Å². The second-order valence-electron chi connectivity index (χ2n) is 7.07. The quantitative estimate of drug-likeness (QED) is 0.237. The third kappa shape index (κ3) is 7.27. The van der Waals surface area contributed by atoms with Crippen LogP contribution in [0.15, 0.2) is 59.7 Å². The molecule has 35 heavy (non-hydrogen) atoms. The number of benzene rings is 3. The van der Waals surface area contributed by atoms with Crippen molar-refractivity contribution < 1.29 is 27.4 Å². The van der Waals surface area contributed by atoms with E-state index in [1.807, 2.05) is 0 Å². The standard InChI is InChI=1S/C24H18Cl3F3N2O3/c1-2-34-21-9-14(8-20(27)22(21)35-13-16-6-7-18(25)11-19(16)26)12-31-32-23(33)15-4-3-5-17(10-15)24(28,29)30/h3-12H,2,13H2,1H3,(H,32,33)/b31-12-. The normalized spacial score (nSPS) is 11.5. The van der Waals surface area contributed by atoms with E-state index < -0.39 is 17.6 Å². The first kappa shape index (κ1) is 26.7. The van der Waals surface area contributed by atoms with Crippen LogP contribution in [0.4, 0.5) is 13.2 Å². The number of carbonyl (C=O) groups excluding carboxylic acids is 1. The van der Waals surface area contributed by atoms with Gasteiger partial charge < -0.3 is 9.47 Å². The Morgan fingerprint density at radius 1 is 1.03 bits per heavy atom. The lowest BCUT2D eigenvalue weighted by molar-refractivity contribution is -0.137. The Morgan fingerprint density at radius 2 is 1.80 bits per heavy atom. The Morgan fingerprint density at radius 3 is 2.49 bits per heavy atom. The molecule has 0 aliphatic carbocycles. The molecule has 3 aromatic rings. The van der Waals surface area contributed by atoms with E-state index in [0.29, 0.717) is 33.5 Å². The third-order valence-electron chi connectivity index (χ3n) is 4.55. The summed E-state index contributed by atoms with van der Waals surface area (Å²) in [5.74, 6) is -0.191. The molecule has 0 aromatic heterocycles. The monoisotopic (exact) mass is 544 g/mol. The fourth-order valence-corrected chi connectivity index (χ4v) is 3.66. The lowest BCUT2D eigenvalue weighted by atomic mass is 10.1. The molecule has 184 valence electrons. The van der Waals surface area contributed by atoms with Crippen LogP contribution in [0.5, 0.6) is 11.5 Å². The van der Waals surface area contributed by atoms with Crippen molar-refractivity contribution in [3.05, 3.63) is 91.9 Å². The molecule has 0 aliphatic rings. The molecule has 5 nitrogen and oxygen atoms in total. The van der Waals surface area contributed by atoms with Crippen LogP contribution in [0.3, 0.4) is 0 Å². The summed E-state index contributed by atoms with van der Waals surface area (Å²) in [6.45, 7) is 2.21. The summed E-state index contributed by atoms with van der Waals surface area (Å²) < 4.78 is 50.0. The minimum Gasteiger partial charge on any atom is -0.490 e. The zero-order chi connectivity index (χ0) is 25.6. The van der Waals surface area contributed by atoms with Gasteiger partial charge in [0.25, 0.3) is 5.91 Å². The van der Waals surface area contributed by atoms with Gasteiger partial charge in [0.2, 0.25) is 0 Å². The molecule has 0 unspecified atom stereocenters. The maximum atomic E-state index is 12.9. The van der Waals surface area contributed by atoms with Crippen LogP contribution in [-0.4, -0.2) is 18.7 Å². The van der Waals surface area contributed by atoms with Gasteiger partial charge in [-0.2, -0.15) is 18.3 Å². The number of amides is 1. The molecule has 0 saturated carbocycles. The van der Waals surface area contributed by atoms with Gasteiger partial charge in [-0.05, 0) is 55.0 Å². The number of hydrogen-bond acceptors (Lipinski definition) is 4. The molecule has 0 aliphatic heterocycles. The van der Waals surface area contributed by atoms with E-state index in [1.165, 1.54) is 18.3 Å². The van der Waals surface area contributed by atoms with Crippen molar-refractivity contribution in [2.24, 2.45) is 5.10 Å². The molecule has 0 fully saturated rings. The fraction of sp³-hybridized carbons (Fsp3) is 0.167. The Kier molecular flexibility index (Phi) is 8.88. The molecular weight excluding hydrogens is 528 g/mol. The van der Waals surface area contributed by atoms with Crippen molar-refractivity contribution in [3.8, 4) is 11.5 Å². The third-order valence-corrected chi connectivity index (χ3v) is 5.42. The molecule has 0 atom stereocenters. The SMILES string of the molecule is CCOc1cc(/C=N\NC(=O)c2cccc(C(F)(F)F)c2)cc(Cl)c1OCc1ccc(Cl)cc1Cl. The summed E-state index contributed by atoms with van der Waals surface area (Å²) in [6, 6.07) is 12.2. The van der Waals surface area contributed by atoms with E-state index in [1.54, 1.807) is 31.2 Å². The molecule has 3 aromatic carbocycles. The maximum Gasteiger partial charge on any atom is 0.416 e. The Bertz CT molecular complexity index is 1250. The van der Waals surface area contributed by atoms with Crippen LogP contribution < -0.4 is 14.9 Å². The number of ether oxygens (including phenoxy) is 2. The first-order chi connectivity index (χ1) is 16.6. The van der Waals surface area contributed by atoms with Crippen LogP contribution in [0.2, 0.25) is 15.1 Å². The van der Waals surface area contributed by atoms with Crippen LogP contribution in [0, 0.1) is 0 Å². The Hall–Kier alpha value is -2.94. The van der Waals surface area contributed by atoms with Crippen LogP contribution in [-0.2, 0) is 12.8 Å². The van der Waals surface area contributed by atoms with Gasteiger partial charge in [0, 0.05) is 21.2 Å². The van der Waals surface area contributed by atoms with Gasteiger partial charge in [0.15, 0.2) is 11.5 Å². The van der Waals surface area contributed by atoms with E-state index in [-0.39, 0.29) is 22.9 Å². The highest BCUT2D eigenvalue weighted by molar-refractivity contribution is 6.35. The summed E-state index contributed by atoms with van der Waals surface area (Å²) >= 11 is 18.5. The van der Waals surface area contributed by atoms with Crippen molar-refractivity contribution in [1.29, 1.82) is 0 Å². The van der Waals surface area contributed by atoms with E-state index in [0.717, 1.165) is 18.2 Å². The predicted molar refractivity (Wildman–Crippen MR) is 130 cm³/mol. The summed E-state index contributed by atoms with van der Waals surface area (Å²) in [6.07, 6.45) is -3.28. The highest BCUT2D eigenvalue weighted by atomic mass is 35.5. The number of rotatable bonds is 8. The number of hydrogen-bond donors (Lipinski definition) is 1. The molecule has 0 spiro atoms. The molecular formula is C24H18Cl3F3N2O3. The van der Waals surface area contributed by atoms with Gasteiger partial charge in [-0.25, -0.2) is 5.43 Å². The zero-order valence-corrected chi connectivity index (χ0v) is 20.4. The zero-order valence-electron chi connectivity index (χ0n) is 18.1. The smallest absolute Gasteiger partial charge is 0.416 e. The van der Waals surface area contributed by atoms with Gasteiger partial charge in [0.1, 0.15) is 6.61 Å². The van der Waals surface area contributed by atoms with Gasteiger partial charge >= 0.3 is 6.18 Å². The highest BCUT2D eigenvalue weighted by Crippen LogP contribution is 2.37. The molecule has 0 radical (unpaired) electrons. The lowest BCUT2D eigenvalue weighted by Crippen LogP contribution is -2.18.